The molecule has 2 aliphatic heterocycles. The van der Waals surface area contributed by atoms with Crippen LogP contribution in [0.25, 0.3) is 11.0 Å². The Morgan fingerprint density at radius 2 is 1.81 bits per heavy atom. The Morgan fingerprint density at radius 1 is 1.00 bits per heavy atom. The topological polar surface area (TPSA) is 79.2 Å². The van der Waals surface area contributed by atoms with E-state index in [1.54, 1.807) is 11.0 Å². The summed E-state index contributed by atoms with van der Waals surface area (Å²) in [6.07, 6.45) is 10.2. The number of carbonyl (C=O) groups excluding carboxylic acids is 1. The molecule has 5 rings (SSSR count). The van der Waals surface area contributed by atoms with E-state index in [0.717, 1.165) is 67.9 Å². The van der Waals surface area contributed by atoms with Crippen LogP contribution in [0.15, 0.2) is 42.9 Å². The first-order valence-corrected chi connectivity index (χ1v) is 11.7. The van der Waals surface area contributed by atoms with Gasteiger partial charge in [0.25, 0.3) is 0 Å². The zero-order chi connectivity index (χ0) is 21.9. The first-order valence-electron chi connectivity index (χ1n) is 11.7. The molecule has 32 heavy (non-hydrogen) atoms. The number of para-hydroxylation sites is 1. The van der Waals surface area contributed by atoms with E-state index >= 15 is 0 Å². The van der Waals surface area contributed by atoms with Crippen molar-refractivity contribution in [2.45, 2.75) is 44.6 Å². The van der Waals surface area contributed by atoms with Gasteiger partial charge in [-0.1, -0.05) is 31.0 Å². The molecule has 8 heteroatoms. The molecule has 168 valence electrons. The third-order valence-electron chi connectivity index (χ3n) is 6.98. The van der Waals surface area contributed by atoms with E-state index in [0.29, 0.717) is 12.0 Å². The van der Waals surface area contributed by atoms with Crippen LogP contribution in [0.4, 0.5) is 16.3 Å². The Kier molecular flexibility index (Phi) is 5.92. The van der Waals surface area contributed by atoms with Crippen LogP contribution in [0, 0.1) is 5.92 Å². The summed E-state index contributed by atoms with van der Waals surface area (Å²) in [5, 5.41) is 8.47. The summed E-state index contributed by atoms with van der Waals surface area (Å²) in [5.41, 5.74) is 1.73. The quantitative estimate of drug-likeness (QED) is 0.674. The molecule has 3 aromatic rings. The number of rotatable bonds is 3. The number of fused-ring (bicyclic) bond motifs is 1. The minimum Gasteiger partial charge on any atom is -0.356 e. The molecule has 4 heterocycles. The van der Waals surface area contributed by atoms with Crippen LogP contribution in [-0.4, -0.2) is 56.4 Å². The van der Waals surface area contributed by atoms with E-state index in [4.69, 9.17) is 0 Å². The fourth-order valence-electron chi connectivity index (χ4n) is 5.29. The maximum absolute atomic E-state index is 13.2. The summed E-state index contributed by atoms with van der Waals surface area (Å²) < 4.78 is 1.79. The van der Waals surface area contributed by atoms with Crippen LogP contribution in [0.5, 0.6) is 0 Å². The molecule has 0 aliphatic carbocycles. The number of hydrogen-bond acceptors (Lipinski definition) is 5. The number of amides is 2. The van der Waals surface area contributed by atoms with Crippen LogP contribution in [0.1, 0.15) is 38.5 Å². The average Bonchev–Trinajstić information content (AvgIpc) is 3.05. The lowest BCUT2D eigenvalue weighted by atomic mass is 9.86. The van der Waals surface area contributed by atoms with E-state index < -0.39 is 0 Å². The van der Waals surface area contributed by atoms with Gasteiger partial charge in [0, 0.05) is 38.4 Å². The maximum atomic E-state index is 13.2. The maximum Gasteiger partial charge on any atom is 0.322 e. The third-order valence-corrected chi connectivity index (χ3v) is 6.98. The molecule has 2 aliphatic rings. The smallest absolute Gasteiger partial charge is 0.322 e. The second kappa shape index (κ2) is 9.14. The summed E-state index contributed by atoms with van der Waals surface area (Å²) in [5.74, 6) is 1.48. The predicted molar refractivity (Wildman–Crippen MR) is 126 cm³/mol. The van der Waals surface area contributed by atoms with Gasteiger partial charge < -0.3 is 15.1 Å². The highest BCUT2D eigenvalue weighted by Gasteiger charge is 2.34. The van der Waals surface area contributed by atoms with Gasteiger partial charge in [-0.2, -0.15) is 5.10 Å². The fourth-order valence-corrected chi connectivity index (χ4v) is 5.29. The molecule has 2 aromatic heterocycles. The Bertz CT molecular complexity index is 1060. The molecule has 0 bridgehead atoms. The zero-order valence-corrected chi connectivity index (χ0v) is 18.7. The van der Waals surface area contributed by atoms with Crippen LogP contribution >= 0.6 is 0 Å². The van der Waals surface area contributed by atoms with Gasteiger partial charge in [0.15, 0.2) is 5.65 Å². The van der Waals surface area contributed by atoms with Crippen molar-refractivity contribution >= 4 is 28.6 Å². The van der Waals surface area contributed by atoms with Crippen molar-refractivity contribution in [2.24, 2.45) is 13.0 Å². The number of anilines is 2. The second-order valence-electron chi connectivity index (χ2n) is 8.93. The van der Waals surface area contributed by atoms with Crippen molar-refractivity contribution in [1.29, 1.82) is 0 Å². The number of hydrogen-bond donors (Lipinski definition) is 1. The van der Waals surface area contributed by atoms with Gasteiger partial charge in [-0.3, -0.25) is 4.68 Å². The number of urea groups is 1. The third kappa shape index (κ3) is 4.13. The number of aryl methyl sites for hydroxylation is 1. The Hall–Kier alpha value is -3.16. The van der Waals surface area contributed by atoms with Crippen molar-refractivity contribution in [1.82, 2.24) is 24.6 Å². The molecule has 0 saturated carbocycles. The zero-order valence-electron chi connectivity index (χ0n) is 18.7. The monoisotopic (exact) mass is 433 g/mol. The Labute approximate surface area is 188 Å². The second-order valence-corrected chi connectivity index (χ2v) is 8.93. The van der Waals surface area contributed by atoms with Gasteiger partial charge in [-0.05, 0) is 43.7 Å². The minimum absolute atomic E-state index is 0.0402. The van der Waals surface area contributed by atoms with Gasteiger partial charge >= 0.3 is 6.03 Å². The molecule has 0 spiro atoms. The number of piperidine rings is 1. The molecule has 1 unspecified atom stereocenters. The molecule has 1 aromatic carbocycles. The number of benzene rings is 1. The largest absolute Gasteiger partial charge is 0.356 e. The molecule has 2 saturated heterocycles. The highest BCUT2D eigenvalue weighted by molar-refractivity contribution is 5.89. The minimum atomic E-state index is 0.0402. The lowest BCUT2D eigenvalue weighted by Crippen LogP contribution is -2.49. The van der Waals surface area contributed by atoms with E-state index in [-0.39, 0.29) is 6.03 Å². The molecule has 1 N–H and O–H groups in total. The molecule has 2 fully saturated rings. The van der Waals surface area contributed by atoms with Gasteiger partial charge in [-0.25, -0.2) is 14.8 Å². The van der Waals surface area contributed by atoms with Crippen molar-refractivity contribution in [3.05, 3.63) is 42.9 Å². The van der Waals surface area contributed by atoms with Crippen LogP contribution < -0.4 is 10.2 Å². The molecule has 8 nitrogen and oxygen atoms in total. The SMILES string of the molecule is Cn1ncc2c(N3CCC(C4CCCCCN4C(=O)Nc4ccccc4)CC3)ncnc21. The van der Waals surface area contributed by atoms with E-state index in [9.17, 15) is 4.79 Å². The average molecular weight is 434 g/mol. The summed E-state index contributed by atoms with van der Waals surface area (Å²) in [6.45, 7) is 2.72. The standard InChI is InChI=1S/C24H31N7O/c1-29-22-20(16-27-29)23(26-17-25-22)30-14-11-18(12-15-30)21-10-6-3-7-13-31(21)24(32)28-19-8-4-2-5-9-19/h2,4-5,8-9,16-18,21H,3,6-7,10-15H2,1H3,(H,28,32). The summed E-state index contributed by atoms with van der Waals surface area (Å²) in [6, 6.07) is 10.1. The molecular weight excluding hydrogens is 402 g/mol. The van der Waals surface area contributed by atoms with Gasteiger partial charge in [0.2, 0.25) is 0 Å². The Morgan fingerprint density at radius 3 is 2.62 bits per heavy atom. The van der Waals surface area contributed by atoms with Crippen LogP contribution in [-0.2, 0) is 7.05 Å². The van der Waals surface area contributed by atoms with E-state index in [2.05, 4.69) is 30.2 Å². The predicted octanol–water partition coefficient (Wildman–Crippen LogP) is 4.06. The van der Waals surface area contributed by atoms with Crippen LogP contribution in [0.3, 0.4) is 0 Å². The van der Waals surface area contributed by atoms with Crippen molar-refractivity contribution in [2.75, 3.05) is 29.9 Å². The number of nitrogens with one attached hydrogen (secondary N) is 1. The lowest BCUT2D eigenvalue weighted by Gasteiger charge is -2.41. The van der Waals surface area contributed by atoms with Crippen molar-refractivity contribution in [3.8, 4) is 0 Å². The Balaban J connectivity index is 1.28. The highest BCUT2D eigenvalue weighted by Crippen LogP contribution is 2.33. The normalized spacial score (nSPS) is 20.3. The first kappa shape index (κ1) is 20.7. The number of nitrogens with zero attached hydrogens (tertiary/aromatic N) is 6. The van der Waals surface area contributed by atoms with Crippen LogP contribution in [0.2, 0.25) is 0 Å². The van der Waals surface area contributed by atoms with Crippen molar-refractivity contribution in [3.63, 3.8) is 0 Å². The summed E-state index contributed by atoms with van der Waals surface area (Å²) in [7, 11) is 1.91. The highest BCUT2D eigenvalue weighted by atomic mass is 16.2. The summed E-state index contributed by atoms with van der Waals surface area (Å²) >= 11 is 0. The first-order chi connectivity index (χ1) is 15.7. The van der Waals surface area contributed by atoms with E-state index in [1.807, 2.05) is 43.6 Å². The number of likely N-dealkylation sites (tertiary alicyclic amines) is 1. The molecule has 0 radical (unpaired) electrons. The van der Waals surface area contributed by atoms with Gasteiger partial charge in [-0.15, -0.1) is 0 Å². The van der Waals surface area contributed by atoms with Crippen molar-refractivity contribution < 1.29 is 4.79 Å². The molecule has 2 amide bonds. The fraction of sp³-hybridized carbons (Fsp3) is 0.500. The molecular formula is C24H31N7O. The summed E-state index contributed by atoms with van der Waals surface area (Å²) in [4.78, 5) is 26.6. The molecule has 1 atom stereocenters. The van der Waals surface area contributed by atoms with Gasteiger partial charge in [0.05, 0.1) is 11.6 Å². The number of aromatic nitrogens is 4. The lowest BCUT2D eigenvalue weighted by molar-refractivity contribution is 0.146. The van der Waals surface area contributed by atoms with E-state index in [1.165, 1.54) is 12.8 Å². The number of carbonyl (C=O) groups is 1. The van der Waals surface area contributed by atoms with Gasteiger partial charge in [0.1, 0.15) is 12.1 Å².